The van der Waals surface area contributed by atoms with Gasteiger partial charge in [-0.15, -0.1) is 0 Å². The second-order valence-corrected chi connectivity index (χ2v) is 6.42. The first-order valence-electron chi connectivity index (χ1n) is 8.76. The molecule has 3 nitrogen and oxygen atoms in total. The van der Waals surface area contributed by atoms with E-state index in [2.05, 4.69) is 55.6 Å². The second-order valence-electron chi connectivity index (χ2n) is 6.42. The fourth-order valence-corrected chi connectivity index (χ4v) is 2.63. The normalized spacial score (nSPS) is 10.9. The summed E-state index contributed by atoms with van der Waals surface area (Å²) in [5.74, 6) is 0.821. The summed E-state index contributed by atoms with van der Waals surface area (Å²) in [4.78, 5) is 0. The van der Waals surface area contributed by atoms with Gasteiger partial charge in [0.2, 0.25) is 0 Å². The van der Waals surface area contributed by atoms with Crippen molar-refractivity contribution in [1.29, 1.82) is 0 Å². The van der Waals surface area contributed by atoms with Gasteiger partial charge in [-0.2, -0.15) is 5.10 Å². The Morgan fingerprint density at radius 3 is 2.42 bits per heavy atom. The first-order valence-corrected chi connectivity index (χ1v) is 8.76. The van der Waals surface area contributed by atoms with Gasteiger partial charge in [0.05, 0.1) is 11.9 Å². The van der Waals surface area contributed by atoms with E-state index >= 15 is 0 Å². The van der Waals surface area contributed by atoms with Gasteiger partial charge in [-0.05, 0) is 67.3 Å². The Bertz CT molecular complexity index is 916. The highest BCUT2D eigenvalue weighted by atomic mass is 16.5. The molecule has 3 aromatic carbocycles. The molecule has 132 valence electrons. The summed E-state index contributed by atoms with van der Waals surface area (Å²) < 4.78 is 6.02. The predicted octanol–water partition coefficient (Wildman–Crippen LogP) is 5.64. The average molecular weight is 344 g/mol. The van der Waals surface area contributed by atoms with Crippen LogP contribution in [0.25, 0.3) is 0 Å². The summed E-state index contributed by atoms with van der Waals surface area (Å²) in [5.41, 5.74) is 9.94. The minimum absolute atomic E-state index is 0.544. The van der Waals surface area contributed by atoms with Crippen molar-refractivity contribution in [2.75, 3.05) is 5.43 Å². The first-order chi connectivity index (χ1) is 12.6. The number of hydrogen-bond acceptors (Lipinski definition) is 3. The standard InChI is InChI=1S/C23H24N2O/c1-17-12-13-22(14-19(17)3)25-24-15-20-9-6-7-11-23(20)26-16-21-10-5-4-8-18(21)2/h4-15,25H,16H2,1-3H3. The molecule has 0 aliphatic carbocycles. The number of hydrazone groups is 1. The van der Waals surface area contributed by atoms with E-state index in [4.69, 9.17) is 4.74 Å². The summed E-state index contributed by atoms with van der Waals surface area (Å²) in [7, 11) is 0. The van der Waals surface area contributed by atoms with Crippen LogP contribution in [0.1, 0.15) is 27.8 Å². The maximum atomic E-state index is 6.02. The minimum atomic E-state index is 0.544. The summed E-state index contributed by atoms with van der Waals surface area (Å²) in [6.45, 7) is 6.84. The molecule has 3 rings (SSSR count). The van der Waals surface area contributed by atoms with Gasteiger partial charge in [0.25, 0.3) is 0 Å². The number of benzene rings is 3. The highest BCUT2D eigenvalue weighted by molar-refractivity contribution is 5.84. The summed E-state index contributed by atoms with van der Waals surface area (Å²) >= 11 is 0. The van der Waals surface area contributed by atoms with Crippen LogP contribution in [-0.2, 0) is 6.61 Å². The highest BCUT2D eigenvalue weighted by Crippen LogP contribution is 2.19. The van der Waals surface area contributed by atoms with E-state index in [9.17, 15) is 0 Å². The number of nitrogens with zero attached hydrogens (tertiary/aromatic N) is 1. The van der Waals surface area contributed by atoms with E-state index in [1.807, 2.05) is 42.5 Å². The summed E-state index contributed by atoms with van der Waals surface area (Å²) in [5, 5.41) is 4.36. The average Bonchev–Trinajstić information content (AvgIpc) is 2.65. The Labute approximate surface area is 155 Å². The molecule has 0 heterocycles. The maximum absolute atomic E-state index is 6.02. The van der Waals surface area contributed by atoms with E-state index < -0.39 is 0 Å². The molecule has 1 N–H and O–H groups in total. The number of hydrogen-bond donors (Lipinski definition) is 1. The molecule has 0 aromatic heterocycles. The van der Waals surface area contributed by atoms with Crippen molar-refractivity contribution in [2.45, 2.75) is 27.4 Å². The van der Waals surface area contributed by atoms with Gasteiger partial charge in [-0.25, -0.2) is 0 Å². The maximum Gasteiger partial charge on any atom is 0.128 e. The van der Waals surface area contributed by atoms with Gasteiger partial charge in [0.15, 0.2) is 0 Å². The van der Waals surface area contributed by atoms with Crippen molar-refractivity contribution in [3.05, 3.63) is 94.5 Å². The molecule has 3 aromatic rings. The zero-order chi connectivity index (χ0) is 18.4. The second kappa shape index (κ2) is 8.34. The van der Waals surface area contributed by atoms with E-state index in [0.717, 1.165) is 17.0 Å². The lowest BCUT2D eigenvalue weighted by Gasteiger charge is -2.11. The van der Waals surface area contributed by atoms with E-state index in [0.29, 0.717) is 6.61 Å². The fraction of sp³-hybridized carbons (Fsp3) is 0.174. The van der Waals surface area contributed by atoms with E-state index in [-0.39, 0.29) is 0 Å². The summed E-state index contributed by atoms with van der Waals surface area (Å²) in [6, 6.07) is 22.4. The summed E-state index contributed by atoms with van der Waals surface area (Å²) in [6.07, 6.45) is 1.79. The van der Waals surface area contributed by atoms with Crippen molar-refractivity contribution in [1.82, 2.24) is 0 Å². The number of ether oxygens (including phenoxy) is 1. The van der Waals surface area contributed by atoms with Crippen molar-refractivity contribution in [3.63, 3.8) is 0 Å². The monoisotopic (exact) mass is 344 g/mol. The smallest absolute Gasteiger partial charge is 0.128 e. The fourth-order valence-electron chi connectivity index (χ4n) is 2.63. The number of anilines is 1. The van der Waals surface area contributed by atoms with Crippen LogP contribution < -0.4 is 10.2 Å². The van der Waals surface area contributed by atoms with Gasteiger partial charge in [0, 0.05) is 5.56 Å². The molecule has 0 amide bonds. The number of rotatable bonds is 6. The molecule has 0 saturated carbocycles. The number of nitrogens with one attached hydrogen (secondary N) is 1. The Morgan fingerprint density at radius 2 is 1.62 bits per heavy atom. The van der Waals surface area contributed by atoms with E-state index in [1.165, 1.54) is 22.3 Å². The van der Waals surface area contributed by atoms with Gasteiger partial charge in [0.1, 0.15) is 12.4 Å². The lowest BCUT2D eigenvalue weighted by molar-refractivity contribution is 0.305. The molecule has 26 heavy (non-hydrogen) atoms. The number of para-hydroxylation sites is 1. The molecule has 0 atom stereocenters. The molecule has 0 saturated heterocycles. The minimum Gasteiger partial charge on any atom is -0.488 e. The van der Waals surface area contributed by atoms with Crippen molar-refractivity contribution >= 4 is 11.9 Å². The van der Waals surface area contributed by atoms with Crippen LogP contribution >= 0.6 is 0 Å². The zero-order valence-corrected chi connectivity index (χ0v) is 15.5. The van der Waals surface area contributed by atoms with Crippen molar-refractivity contribution in [2.24, 2.45) is 5.10 Å². The van der Waals surface area contributed by atoms with Crippen LogP contribution in [0.4, 0.5) is 5.69 Å². The topological polar surface area (TPSA) is 33.6 Å². The first kappa shape index (κ1) is 17.7. The third-order valence-electron chi connectivity index (χ3n) is 4.47. The Balaban J connectivity index is 1.68. The molecule has 0 fully saturated rings. The molecular formula is C23H24N2O. The molecule has 0 spiro atoms. The van der Waals surface area contributed by atoms with Gasteiger partial charge in [-0.1, -0.05) is 42.5 Å². The van der Waals surface area contributed by atoms with Crippen molar-refractivity contribution < 1.29 is 4.74 Å². The third-order valence-corrected chi connectivity index (χ3v) is 4.47. The quantitative estimate of drug-likeness (QED) is 0.464. The van der Waals surface area contributed by atoms with Crippen LogP contribution in [0.5, 0.6) is 5.75 Å². The van der Waals surface area contributed by atoms with Crippen molar-refractivity contribution in [3.8, 4) is 5.75 Å². The number of aryl methyl sites for hydroxylation is 3. The molecule has 3 heteroatoms. The van der Waals surface area contributed by atoms with Crippen LogP contribution in [0.3, 0.4) is 0 Å². The van der Waals surface area contributed by atoms with Crippen LogP contribution in [0.2, 0.25) is 0 Å². The molecule has 0 bridgehead atoms. The Kier molecular flexibility index (Phi) is 5.69. The van der Waals surface area contributed by atoms with Crippen LogP contribution in [0.15, 0.2) is 71.8 Å². The SMILES string of the molecule is Cc1ccc(NN=Cc2ccccc2OCc2ccccc2C)cc1C. The Morgan fingerprint density at radius 1 is 0.846 bits per heavy atom. The Hall–Kier alpha value is -3.07. The van der Waals surface area contributed by atoms with Gasteiger partial charge in [-0.3, -0.25) is 5.43 Å². The third kappa shape index (κ3) is 4.51. The lowest BCUT2D eigenvalue weighted by Crippen LogP contribution is -2.00. The van der Waals surface area contributed by atoms with Gasteiger partial charge < -0.3 is 4.74 Å². The van der Waals surface area contributed by atoms with Gasteiger partial charge >= 0.3 is 0 Å². The molecule has 0 aliphatic heterocycles. The molecule has 0 unspecified atom stereocenters. The predicted molar refractivity (Wildman–Crippen MR) is 109 cm³/mol. The molecule has 0 aliphatic rings. The largest absolute Gasteiger partial charge is 0.488 e. The van der Waals surface area contributed by atoms with E-state index in [1.54, 1.807) is 6.21 Å². The molecule has 0 radical (unpaired) electrons. The zero-order valence-electron chi connectivity index (χ0n) is 15.5. The highest BCUT2D eigenvalue weighted by Gasteiger charge is 2.03. The molecular weight excluding hydrogens is 320 g/mol. The van der Waals surface area contributed by atoms with Crippen LogP contribution in [-0.4, -0.2) is 6.21 Å². The lowest BCUT2D eigenvalue weighted by atomic mass is 10.1. The van der Waals surface area contributed by atoms with Crippen LogP contribution in [0, 0.1) is 20.8 Å².